The van der Waals surface area contributed by atoms with Crippen molar-refractivity contribution in [3.63, 3.8) is 0 Å². The Balaban J connectivity index is 1.48. The Morgan fingerprint density at radius 2 is 1.49 bits per heavy atom. The second-order valence-electron chi connectivity index (χ2n) is 9.43. The van der Waals surface area contributed by atoms with Crippen molar-refractivity contribution in [3.05, 3.63) is 96.6 Å². The van der Waals surface area contributed by atoms with Crippen LogP contribution in [0.4, 0.5) is 34.4 Å². The maximum Gasteiger partial charge on any atom is 0.243 e. The van der Waals surface area contributed by atoms with Crippen LogP contribution in [0.15, 0.2) is 91.0 Å². The van der Waals surface area contributed by atoms with Gasteiger partial charge in [-0.2, -0.15) is 0 Å². The Hall–Kier alpha value is -5.36. The Kier molecular flexibility index (Phi) is 8.87. The Morgan fingerprint density at radius 3 is 2.16 bits per heavy atom. The number of amides is 1. The Bertz CT molecular complexity index is 1830. The lowest BCUT2D eigenvalue weighted by Gasteiger charge is -2.21. The van der Waals surface area contributed by atoms with E-state index in [9.17, 15) is 13.2 Å². The monoisotopic (exact) mass is 598 g/mol. The number of carbonyl (C=O) groups excluding carboxylic acids is 1. The maximum atomic E-state index is 12.8. The van der Waals surface area contributed by atoms with Crippen LogP contribution in [0.1, 0.15) is 5.56 Å². The number of hydrogen-bond acceptors (Lipinski definition) is 9. The molecule has 0 aliphatic rings. The molecule has 1 amide bonds. The van der Waals surface area contributed by atoms with Crippen molar-refractivity contribution in [2.75, 3.05) is 41.0 Å². The number of nitrogens with one attached hydrogen (secondary N) is 3. The van der Waals surface area contributed by atoms with Crippen molar-refractivity contribution in [1.82, 2.24) is 9.97 Å². The Morgan fingerprint density at radius 1 is 0.814 bits per heavy atom. The highest BCUT2D eigenvalue weighted by Crippen LogP contribution is 2.35. The van der Waals surface area contributed by atoms with E-state index in [4.69, 9.17) is 14.5 Å². The lowest BCUT2D eigenvalue weighted by atomic mass is 10.2. The summed E-state index contributed by atoms with van der Waals surface area (Å²) in [5.41, 5.74) is 4.15. The average molecular weight is 599 g/mol. The number of carbonyl (C=O) groups is 1. The fourth-order valence-electron chi connectivity index (χ4n) is 4.40. The number of benzene rings is 4. The molecule has 0 unspecified atom stereocenters. The molecule has 0 aliphatic heterocycles. The van der Waals surface area contributed by atoms with Gasteiger partial charge in [0.05, 0.1) is 37.5 Å². The SMILES string of the molecule is COc1cc(Nc2nc3ccccc3nc2N(c2cccc(NC(=O)CNc3ccccc3C)c2)[SH](=O)=O)cc(OC)c1. The van der Waals surface area contributed by atoms with Crippen molar-refractivity contribution in [3.8, 4) is 11.5 Å². The maximum absolute atomic E-state index is 12.8. The van der Waals surface area contributed by atoms with Crippen LogP contribution in [0.5, 0.6) is 11.5 Å². The zero-order valence-electron chi connectivity index (χ0n) is 23.7. The fourth-order valence-corrected chi connectivity index (χ4v) is 5.01. The van der Waals surface area contributed by atoms with E-state index in [1.54, 1.807) is 60.7 Å². The molecule has 12 heteroatoms. The largest absolute Gasteiger partial charge is 0.497 e. The molecule has 4 aromatic carbocycles. The topological polar surface area (TPSA) is 135 Å². The minimum atomic E-state index is -3.24. The van der Waals surface area contributed by atoms with Crippen LogP contribution in [0.25, 0.3) is 11.0 Å². The van der Waals surface area contributed by atoms with Gasteiger partial charge in [-0.1, -0.05) is 36.4 Å². The molecule has 5 rings (SSSR count). The van der Waals surface area contributed by atoms with Gasteiger partial charge in [0.25, 0.3) is 0 Å². The molecule has 1 aromatic heterocycles. The van der Waals surface area contributed by atoms with Crippen molar-refractivity contribution in [1.29, 1.82) is 0 Å². The number of thiol groups is 1. The van der Waals surface area contributed by atoms with Gasteiger partial charge >= 0.3 is 0 Å². The number of fused-ring (bicyclic) bond motifs is 1. The number of ether oxygens (including phenoxy) is 2. The number of methoxy groups -OCH3 is 2. The summed E-state index contributed by atoms with van der Waals surface area (Å²) in [5, 5.41) is 9.12. The zero-order chi connectivity index (χ0) is 30.3. The fraction of sp³-hybridized carbons (Fsp3) is 0.129. The second kappa shape index (κ2) is 13.1. The third-order valence-corrected chi connectivity index (χ3v) is 7.24. The molecule has 0 aliphatic carbocycles. The number of anilines is 6. The second-order valence-corrected chi connectivity index (χ2v) is 10.3. The smallest absolute Gasteiger partial charge is 0.243 e. The van der Waals surface area contributed by atoms with Crippen LogP contribution < -0.4 is 29.7 Å². The van der Waals surface area contributed by atoms with E-state index in [0.29, 0.717) is 33.9 Å². The van der Waals surface area contributed by atoms with Crippen LogP contribution in [0.3, 0.4) is 0 Å². The first-order chi connectivity index (χ1) is 20.8. The molecule has 220 valence electrons. The number of aromatic nitrogens is 2. The summed E-state index contributed by atoms with van der Waals surface area (Å²) >= 11 is 0. The summed E-state index contributed by atoms with van der Waals surface area (Å²) in [6, 6.07) is 26.5. The molecular weight excluding hydrogens is 568 g/mol. The van der Waals surface area contributed by atoms with E-state index in [2.05, 4.69) is 20.9 Å². The van der Waals surface area contributed by atoms with Crippen LogP contribution in [0.2, 0.25) is 0 Å². The van der Waals surface area contributed by atoms with Gasteiger partial charge in [0.15, 0.2) is 11.6 Å². The molecule has 3 N–H and O–H groups in total. The first kappa shape index (κ1) is 29.1. The van der Waals surface area contributed by atoms with Gasteiger partial charge in [-0.25, -0.2) is 22.7 Å². The number of para-hydroxylation sites is 3. The number of hydrogen-bond donors (Lipinski definition) is 4. The first-order valence-electron chi connectivity index (χ1n) is 13.3. The average Bonchev–Trinajstić information content (AvgIpc) is 3.00. The molecule has 0 spiro atoms. The third kappa shape index (κ3) is 6.93. The third-order valence-electron chi connectivity index (χ3n) is 6.49. The number of rotatable bonds is 11. The number of nitrogens with zero attached hydrogens (tertiary/aromatic N) is 3. The molecule has 0 atom stereocenters. The van der Waals surface area contributed by atoms with Crippen molar-refractivity contribution < 1.29 is 22.7 Å². The van der Waals surface area contributed by atoms with Gasteiger partial charge in [0, 0.05) is 35.3 Å². The molecule has 5 aromatic rings. The normalized spacial score (nSPS) is 10.8. The van der Waals surface area contributed by atoms with Crippen LogP contribution in [0, 0.1) is 6.92 Å². The number of aryl methyl sites for hydroxylation is 1. The lowest BCUT2D eigenvalue weighted by molar-refractivity contribution is -0.114. The van der Waals surface area contributed by atoms with E-state index in [1.807, 2.05) is 37.3 Å². The van der Waals surface area contributed by atoms with Gasteiger partial charge in [0.2, 0.25) is 16.8 Å². The highest BCUT2D eigenvalue weighted by atomic mass is 32.2. The summed E-state index contributed by atoms with van der Waals surface area (Å²) in [6.45, 7) is 1.98. The molecular formula is C31H30N6O5S. The van der Waals surface area contributed by atoms with Gasteiger partial charge in [0.1, 0.15) is 11.5 Å². The van der Waals surface area contributed by atoms with Crippen LogP contribution in [-0.4, -0.2) is 45.1 Å². The van der Waals surface area contributed by atoms with Crippen molar-refractivity contribution >= 4 is 62.2 Å². The summed E-state index contributed by atoms with van der Waals surface area (Å²) < 4.78 is 37.4. The van der Waals surface area contributed by atoms with E-state index >= 15 is 0 Å². The molecule has 0 saturated carbocycles. The van der Waals surface area contributed by atoms with E-state index in [0.717, 1.165) is 15.6 Å². The van der Waals surface area contributed by atoms with Crippen molar-refractivity contribution in [2.24, 2.45) is 0 Å². The van der Waals surface area contributed by atoms with Gasteiger partial charge in [-0.05, 0) is 48.9 Å². The summed E-state index contributed by atoms with van der Waals surface area (Å²) in [7, 11) is -0.167. The van der Waals surface area contributed by atoms with Gasteiger partial charge < -0.3 is 25.4 Å². The predicted molar refractivity (Wildman–Crippen MR) is 170 cm³/mol. The van der Waals surface area contributed by atoms with E-state index < -0.39 is 10.9 Å². The lowest BCUT2D eigenvalue weighted by Crippen LogP contribution is -2.22. The molecule has 0 radical (unpaired) electrons. The molecule has 1 heterocycles. The van der Waals surface area contributed by atoms with Crippen molar-refractivity contribution in [2.45, 2.75) is 6.92 Å². The van der Waals surface area contributed by atoms with E-state index in [-0.39, 0.29) is 29.8 Å². The summed E-state index contributed by atoms with van der Waals surface area (Å²) in [4.78, 5) is 22.1. The quantitative estimate of drug-likeness (QED) is 0.147. The highest BCUT2D eigenvalue weighted by molar-refractivity contribution is 7.74. The minimum Gasteiger partial charge on any atom is -0.497 e. The van der Waals surface area contributed by atoms with Gasteiger partial charge in [-0.3, -0.25) is 4.79 Å². The zero-order valence-corrected chi connectivity index (χ0v) is 24.6. The molecule has 0 saturated heterocycles. The van der Waals surface area contributed by atoms with Crippen LogP contribution >= 0.6 is 0 Å². The van der Waals surface area contributed by atoms with Gasteiger partial charge in [-0.15, -0.1) is 0 Å². The molecule has 43 heavy (non-hydrogen) atoms. The predicted octanol–water partition coefficient (Wildman–Crippen LogP) is 5.41. The molecule has 0 bridgehead atoms. The standard InChI is InChI=1S/C31H30N6O5S/c1-20-9-4-5-12-26(20)32-19-29(38)33-21-10-8-11-23(15-21)37(43(39)40)31-30(35-27-13-6-7-14-28(27)36-31)34-22-16-24(41-2)18-25(17-22)42-3/h4-18,32,43H,19H2,1-3H3,(H,33,38)(H,34,35). The van der Waals surface area contributed by atoms with Crippen LogP contribution in [-0.2, 0) is 15.7 Å². The molecule has 0 fully saturated rings. The summed E-state index contributed by atoms with van der Waals surface area (Å²) in [6.07, 6.45) is 0. The summed E-state index contributed by atoms with van der Waals surface area (Å²) in [5.74, 6) is 0.998. The molecule has 11 nitrogen and oxygen atoms in total. The minimum absolute atomic E-state index is 0.0306. The first-order valence-corrected chi connectivity index (χ1v) is 14.4. The Labute approximate surface area is 250 Å². The highest BCUT2D eigenvalue weighted by Gasteiger charge is 2.21. The van der Waals surface area contributed by atoms with E-state index in [1.165, 1.54) is 14.2 Å².